The quantitative estimate of drug-likeness (QED) is 0.698. The summed E-state index contributed by atoms with van der Waals surface area (Å²) in [6.07, 6.45) is 0.899. The van der Waals surface area contributed by atoms with E-state index in [1.54, 1.807) is 0 Å². The van der Waals surface area contributed by atoms with Crippen molar-refractivity contribution in [1.29, 1.82) is 0 Å². The molecular formula is C15H22O3. The fraction of sp³-hybridized carbons (Fsp3) is 0.533. The van der Waals surface area contributed by atoms with Crippen molar-refractivity contribution in [3.05, 3.63) is 35.4 Å². The number of hydrogen-bond donors (Lipinski definition) is 0. The lowest BCUT2D eigenvalue weighted by molar-refractivity contribution is -0.156. The summed E-state index contributed by atoms with van der Waals surface area (Å²) in [5.41, 5.74) is 2.30. The molecule has 1 rings (SSSR count). The van der Waals surface area contributed by atoms with Crippen LogP contribution in [-0.4, -0.2) is 25.3 Å². The number of carbonyl (C=O) groups is 1. The second kappa shape index (κ2) is 7.88. The molecule has 0 heterocycles. The summed E-state index contributed by atoms with van der Waals surface area (Å²) in [7, 11) is 0. The van der Waals surface area contributed by atoms with Gasteiger partial charge in [-0.2, -0.15) is 0 Å². The van der Waals surface area contributed by atoms with Crippen molar-refractivity contribution in [1.82, 2.24) is 0 Å². The van der Waals surface area contributed by atoms with Crippen molar-refractivity contribution in [2.75, 3.05) is 13.2 Å². The summed E-state index contributed by atoms with van der Waals surface area (Å²) < 4.78 is 10.6. The molecule has 0 radical (unpaired) electrons. The molecule has 3 nitrogen and oxygen atoms in total. The summed E-state index contributed by atoms with van der Waals surface area (Å²) in [4.78, 5) is 11.8. The van der Waals surface area contributed by atoms with E-state index in [0.717, 1.165) is 12.0 Å². The van der Waals surface area contributed by atoms with E-state index in [4.69, 9.17) is 9.47 Å². The van der Waals surface area contributed by atoms with Gasteiger partial charge in [0.05, 0.1) is 6.61 Å². The van der Waals surface area contributed by atoms with Crippen LogP contribution >= 0.6 is 0 Å². The lowest BCUT2D eigenvalue weighted by Gasteiger charge is -2.16. The molecule has 0 aliphatic rings. The van der Waals surface area contributed by atoms with E-state index in [1.807, 2.05) is 45.0 Å². The van der Waals surface area contributed by atoms with Crippen LogP contribution in [-0.2, 0) is 20.7 Å². The Morgan fingerprint density at radius 1 is 1.22 bits per heavy atom. The van der Waals surface area contributed by atoms with Crippen molar-refractivity contribution in [3.63, 3.8) is 0 Å². The van der Waals surface area contributed by atoms with Gasteiger partial charge in [0.15, 0.2) is 6.10 Å². The van der Waals surface area contributed by atoms with Gasteiger partial charge in [0.1, 0.15) is 0 Å². The third-order valence-electron chi connectivity index (χ3n) is 2.62. The molecule has 1 aromatic carbocycles. The van der Waals surface area contributed by atoms with Crippen molar-refractivity contribution in [2.24, 2.45) is 0 Å². The van der Waals surface area contributed by atoms with Gasteiger partial charge in [-0.25, -0.2) is 4.79 Å². The number of hydrogen-bond acceptors (Lipinski definition) is 3. The van der Waals surface area contributed by atoms with Crippen LogP contribution in [0.1, 0.15) is 31.4 Å². The highest BCUT2D eigenvalue weighted by Gasteiger charge is 2.20. The molecule has 18 heavy (non-hydrogen) atoms. The normalized spacial score (nSPS) is 12.2. The summed E-state index contributed by atoms with van der Waals surface area (Å²) in [5.74, 6) is -0.265. The Labute approximate surface area is 109 Å². The standard InChI is InChI=1S/C15H22O3/c1-4-10-18-15(16)14(17-5-2)11-13-8-6-12(3)7-9-13/h6-9,14H,4-5,10-11H2,1-3H3. The molecule has 1 unspecified atom stereocenters. The van der Waals surface area contributed by atoms with Gasteiger partial charge in [-0.05, 0) is 25.8 Å². The van der Waals surface area contributed by atoms with Gasteiger partial charge in [0.2, 0.25) is 0 Å². The Balaban J connectivity index is 2.61. The van der Waals surface area contributed by atoms with Crippen LogP contribution in [0.3, 0.4) is 0 Å². The third kappa shape index (κ3) is 4.88. The van der Waals surface area contributed by atoms with Gasteiger partial charge in [0, 0.05) is 13.0 Å². The molecule has 0 aliphatic carbocycles. The number of rotatable bonds is 7. The highest BCUT2D eigenvalue weighted by Crippen LogP contribution is 2.09. The van der Waals surface area contributed by atoms with E-state index in [9.17, 15) is 4.79 Å². The van der Waals surface area contributed by atoms with Crippen LogP contribution in [0.5, 0.6) is 0 Å². The van der Waals surface area contributed by atoms with Crippen LogP contribution in [0, 0.1) is 6.92 Å². The second-order valence-electron chi connectivity index (χ2n) is 4.30. The topological polar surface area (TPSA) is 35.5 Å². The molecule has 1 atom stereocenters. The lowest BCUT2D eigenvalue weighted by atomic mass is 10.1. The van der Waals surface area contributed by atoms with Crippen molar-refractivity contribution in [2.45, 2.75) is 39.7 Å². The Kier molecular flexibility index (Phi) is 6.44. The van der Waals surface area contributed by atoms with Gasteiger partial charge in [0.25, 0.3) is 0 Å². The zero-order valence-corrected chi connectivity index (χ0v) is 11.4. The van der Waals surface area contributed by atoms with Gasteiger partial charge < -0.3 is 9.47 Å². The fourth-order valence-electron chi connectivity index (χ4n) is 1.65. The molecule has 0 amide bonds. The zero-order chi connectivity index (χ0) is 13.4. The van der Waals surface area contributed by atoms with E-state index in [-0.39, 0.29) is 5.97 Å². The first-order valence-electron chi connectivity index (χ1n) is 6.51. The summed E-state index contributed by atoms with van der Waals surface area (Å²) in [5, 5.41) is 0. The fourth-order valence-corrected chi connectivity index (χ4v) is 1.65. The molecule has 0 saturated heterocycles. The number of esters is 1. The van der Waals surface area contributed by atoms with Crippen molar-refractivity contribution in [3.8, 4) is 0 Å². The van der Waals surface area contributed by atoms with E-state index in [0.29, 0.717) is 19.6 Å². The Bertz CT molecular complexity index is 357. The van der Waals surface area contributed by atoms with Gasteiger partial charge in [-0.3, -0.25) is 0 Å². The monoisotopic (exact) mass is 250 g/mol. The maximum atomic E-state index is 11.8. The minimum absolute atomic E-state index is 0.265. The van der Waals surface area contributed by atoms with Crippen LogP contribution in [0.15, 0.2) is 24.3 Å². The third-order valence-corrected chi connectivity index (χ3v) is 2.62. The first-order chi connectivity index (χ1) is 8.67. The molecule has 0 aromatic heterocycles. The molecular weight excluding hydrogens is 228 g/mol. The van der Waals surface area contributed by atoms with E-state index in [2.05, 4.69) is 0 Å². The molecule has 100 valence electrons. The number of benzene rings is 1. The predicted octanol–water partition coefficient (Wildman–Crippen LogP) is 2.90. The second-order valence-corrected chi connectivity index (χ2v) is 4.30. The van der Waals surface area contributed by atoms with Gasteiger partial charge in [-0.1, -0.05) is 36.8 Å². The van der Waals surface area contributed by atoms with E-state index >= 15 is 0 Å². The molecule has 0 fully saturated rings. The predicted molar refractivity (Wildman–Crippen MR) is 71.5 cm³/mol. The van der Waals surface area contributed by atoms with Gasteiger partial charge >= 0.3 is 5.97 Å². The first-order valence-corrected chi connectivity index (χ1v) is 6.51. The first kappa shape index (κ1) is 14.7. The number of carbonyl (C=O) groups excluding carboxylic acids is 1. The molecule has 0 saturated carbocycles. The van der Waals surface area contributed by atoms with Crippen LogP contribution in [0.2, 0.25) is 0 Å². The van der Waals surface area contributed by atoms with Crippen LogP contribution in [0.4, 0.5) is 0 Å². The molecule has 1 aromatic rings. The minimum atomic E-state index is -0.496. The molecule has 0 bridgehead atoms. The maximum absolute atomic E-state index is 11.8. The maximum Gasteiger partial charge on any atom is 0.335 e. The summed E-state index contributed by atoms with van der Waals surface area (Å²) in [6.45, 7) is 6.87. The minimum Gasteiger partial charge on any atom is -0.464 e. The smallest absolute Gasteiger partial charge is 0.335 e. The van der Waals surface area contributed by atoms with E-state index < -0.39 is 6.10 Å². The Morgan fingerprint density at radius 2 is 1.89 bits per heavy atom. The Hall–Kier alpha value is -1.35. The zero-order valence-electron chi connectivity index (χ0n) is 11.4. The highest BCUT2D eigenvalue weighted by atomic mass is 16.6. The lowest BCUT2D eigenvalue weighted by Crippen LogP contribution is -2.29. The summed E-state index contributed by atoms with van der Waals surface area (Å²) >= 11 is 0. The van der Waals surface area contributed by atoms with Crippen LogP contribution in [0.25, 0.3) is 0 Å². The number of aryl methyl sites for hydroxylation is 1. The van der Waals surface area contributed by atoms with Crippen LogP contribution < -0.4 is 0 Å². The molecule has 0 aliphatic heterocycles. The van der Waals surface area contributed by atoms with Crippen molar-refractivity contribution < 1.29 is 14.3 Å². The molecule has 0 spiro atoms. The SMILES string of the molecule is CCCOC(=O)C(Cc1ccc(C)cc1)OCC. The average molecular weight is 250 g/mol. The van der Waals surface area contributed by atoms with Gasteiger partial charge in [-0.15, -0.1) is 0 Å². The largest absolute Gasteiger partial charge is 0.464 e. The number of ether oxygens (including phenoxy) is 2. The average Bonchev–Trinajstić information content (AvgIpc) is 2.38. The molecule has 3 heteroatoms. The van der Waals surface area contributed by atoms with Crippen molar-refractivity contribution >= 4 is 5.97 Å². The Morgan fingerprint density at radius 3 is 2.44 bits per heavy atom. The molecule has 0 N–H and O–H groups in total. The van der Waals surface area contributed by atoms with E-state index in [1.165, 1.54) is 5.56 Å². The summed E-state index contributed by atoms with van der Waals surface area (Å²) in [6, 6.07) is 8.12. The highest BCUT2D eigenvalue weighted by molar-refractivity contribution is 5.75.